The van der Waals surface area contributed by atoms with Gasteiger partial charge in [0.1, 0.15) is 18.2 Å². The summed E-state index contributed by atoms with van der Waals surface area (Å²) in [6.07, 6.45) is 4.95. The topological polar surface area (TPSA) is 82.9 Å². The number of guanidine groups is 1. The van der Waals surface area contributed by atoms with Gasteiger partial charge >= 0.3 is 0 Å². The normalized spacial score (nSPS) is 11.5. The van der Waals surface area contributed by atoms with E-state index in [1.165, 1.54) is 12.1 Å². The quantitative estimate of drug-likeness (QED) is 0.187. The molecule has 0 radical (unpaired) electrons. The van der Waals surface area contributed by atoms with Crippen molar-refractivity contribution in [3.63, 3.8) is 0 Å². The number of aliphatic imine (C=N–C) groups is 1. The largest absolute Gasteiger partial charge is 0.361 e. The molecule has 2 heterocycles. The van der Waals surface area contributed by atoms with E-state index >= 15 is 0 Å². The first-order valence-electron chi connectivity index (χ1n) is 9.71. The first-order chi connectivity index (χ1) is 13.6. The number of nitrogens with one attached hydrogen (secondary N) is 3. The minimum atomic E-state index is -0.229. The van der Waals surface area contributed by atoms with Crippen LogP contribution in [0.3, 0.4) is 0 Å². The Labute approximate surface area is 187 Å². The van der Waals surface area contributed by atoms with Gasteiger partial charge in [0, 0.05) is 37.2 Å². The average molecular weight is 513 g/mol. The standard InChI is InChI=1S/C20H28FN7.HI/c1-4-5-9-22-20(25-13-19-27-26-14(2)28(19)3)23-10-8-15-12-24-18-11-16(21)6-7-17(15)18;/h6-7,11-12,24H,4-5,8-10,13H2,1-3H3,(H2,22,23,25);1H. The molecule has 0 aliphatic heterocycles. The highest BCUT2D eigenvalue weighted by Crippen LogP contribution is 2.19. The number of H-pyrrole nitrogens is 1. The number of hydrogen-bond acceptors (Lipinski definition) is 3. The van der Waals surface area contributed by atoms with Gasteiger partial charge < -0.3 is 20.2 Å². The Hall–Kier alpha value is -2.17. The van der Waals surface area contributed by atoms with Crippen LogP contribution in [0.25, 0.3) is 10.9 Å². The van der Waals surface area contributed by atoms with Gasteiger partial charge in [-0.05, 0) is 43.5 Å². The third-order valence-corrected chi connectivity index (χ3v) is 4.80. The van der Waals surface area contributed by atoms with Gasteiger partial charge in [0.25, 0.3) is 0 Å². The number of rotatable bonds is 8. The molecule has 3 N–H and O–H groups in total. The third-order valence-electron chi connectivity index (χ3n) is 4.80. The lowest BCUT2D eigenvalue weighted by molar-refractivity contribution is 0.629. The van der Waals surface area contributed by atoms with Crippen molar-refractivity contribution < 1.29 is 4.39 Å². The van der Waals surface area contributed by atoms with E-state index in [1.807, 2.05) is 30.8 Å². The number of unbranched alkanes of at least 4 members (excludes halogenated alkanes) is 1. The van der Waals surface area contributed by atoms with Crippen LogP contribution in [0.5, 0.6) is 0 Å². The number of benzene rings is 1. The van der Waals surface area contributed by atoms with E-state index < -0.39 is 0 Å². The molecule has 0 spiro atoms. The highest BCUT2D eigenvalue weighted by atomic mass is 127. The summed E-state index contributed by atoms with van der Waals surface area (Å²) in [5.41, 5.74) is 1.97. The predicted molar refractivity (Wildman–Crippen MR) is 125 cm³/mol. The van der Waals surface area contributed by atoms with E-state index in [2.05, 4.69) is 37.7 Å². The monoisotopic (exact) mass is 513 g/mol. The van der Waals surface area contributed by atoms with Gasteiger partial charge in [0.05, 0.1) is 0 Å². The van der Waals surface area contributed by atoms with Crippen molar-refractivity contribution in [2.45, 2.75) is 39.7 Å². The van der Waals surface area contributed by atoms with Crippen molar-refractivity contribution in [1.82, 2.24) is 30.4 Å². The summed E-state index contributed by atoms with van der Waals surface area (Å²) in [7, 11) is 1.94. The van der Waals surface area contributed by atoms with E-state index in [9.17, 15) is 4.39 Å². The van der Waals surface area contributed by atoms with E-state index in [-0.39, 0.29) is 29.8 Å². The molecule has 3 aromatic rings. The summed E-state index contributed by atoms with van der Waals surface area (Å²) in [5.74, 6) is 2.23. The van der Waals surface area contributed by atoms with Crippen LogP contribution in [0.1, 0.15) is 37.0 Å². The molecule has 0 atom stereocenters. The van der Waals surface area contributed by atoms with Crippen molar-refractivity contribution in [1.29, 1.82) is 0 Å². The Bertz CT molecular complexity index is 948. The predicted octanol–water partition coefficient (Wildman–Crippen LogP) is 3.44. The SMILES string of the molecule is CCCCNC(=NCc1nnc(C)n1C)NCCc1c[nH]c2cc(F)ccc12.I. The molecule has 7 nitrogen and oxygen atoms in total. The minimum Gasteiger partial charge on any atom is -0.361 e. The number of halogens is 2. The van der Waals surface area contributed by atoms with E-state index in [4.69, 9.17) is 0 Å². The lowest BCUT2D eigenvalue weighted by atomic mass is 10.1. The number of aromatic nitrogens is 4. The molecule has 0 amide bonds. The van der Waals surface area contributed by atoms with Crippen LogP contribution in [0.2, 0.25) is 0 Å². The summed E-state index contributed by atoms with van der Waals surface area (Å²) < 4.78 is 15.3. The molecule has 0 saturated heterocycles. The third kappa shape index (κ3) is 6.15. The molecule has 0 aliphatic carbocycles. The van der Waals surface area contributed by atoms with Gasteiger partial charge in [-0.1, -0.05) is 13.3 Å². The van der Waals surface area contributed by atoms with Gasteiger partial charge in [-0.25, -0.2) is 9.38 Å². The molecule has 0 bridgehead atoms. The van der Waals surface area contributed by atoms with Gasteiger partial charge in [-0.3, -0.25) is 0 Å². The maximum atomic E-state index is 13.3. The zero-order valence-corrected chi connectivity index (χ0v) is 19.5. The molecule has 9 heteroatoms. The van der Waals surface area contributed by atoms with E-state index in [0.29, 0.717) is 6.54 Å². The molecule has 2 aromatic heterocycles. The molecular formula is C20H29FIN7. The summed E-state index contributed by atoms with van der Waals surface area (Å²) in [6, 6.07) is 4.84. The molecule has 0 aliphatic rings. The Morgan fingerprint density at radius 1 is 1.24 bits per heavy atom. The number of nitrogens with zero attached hydrogens (tertiary/aromatic N) is 4. The van der Waals surface area contributed by atoms with Crippen LogP contribution >= 0.6 is 24.0 Å². The van der Waals surface area contributed by atoms with Crippen LogP contribution < -0.4 is 10.6 Å². The molecule has 158 valence electrons. The van der Waals surface area contributed by atoms with Gasteiger partial charge in [0.2, 0.25) is 0 Å². The second-order valence-electron chi connectivity index (χ2n) is 6.85. The second-order valence-corrected chi connectivity index (χ2v) is 6.85. The number of aromatic amines is 1. The zero-order chi connectivity index (χ0) is 19.9. The fourth-order valence-electron chi connectivity index (χ4n) is 2.98. The summed E-state index contributed by atoms with van der Waals surface area (Å²) in [5, 5.41) is 16.0. The molecule has 0 fully saturated rings. The van der Waals surface area contributed by atoms with Gasteiger partial charge in [-0.2, -0.15) is 0 Å². The fourth-order valence-corrected chi connectivity index (χ4v) is 2.98. The molecule has 0 saturated carbocycles. The molecule has 3 rings (SSSR count). The highest BCUT2D eigenvalue weighted by Gasteiger charge is 2.07. The van der Waals surface area contributed by atoms with Gasteiger partial charge in [0.15, 0.2) is 11.8 Å². The van der Waals surface area contributed by atoms with Crippen LogP contribution in [-0.2, 0) is 20.0 Å². The van der Waals surface area contributed by atoms with Crippen molar-refractivity contribution in [2.75, 3.05) is 13.1 Å². The maximum Gasteiger partial charge on any atom is 0.191 e. The lowest BCUT2D eigenvalue weighted by Gasteiger charge is -2.12. The lowest BCUT2D eigenvalue weighted by Crippen LogP contribution is -2.39. The molecule has 0 unspecified atom stereocenters. The number of hydrogen-bond donors (Lipinski definition) is 3. The smallest absolute Gasteiger partial charge is 0.191 e. The molecule has 1 aromatic carbocycles. The molecular weight excluding hydrogens is 484 g/mol. The van der Waals surface area contributed by atoms with Crippen molar-refractivity contribution in [3.8, 4) is 0 Å². The van der Waals surface area contributed by atoms with Crippen LogP contribution in [0, 0.1) is 12.7 Å². The first kappa shape index (κ1) is 23.1. The average Bonchev–Trinajstić information content (AvgIpc) is 3.23. The Morgan fingerprint density at radius 2 is 2.03 bits per heavy atom. The Balaban J connectivity index is 0.00000300. The first-order valence-corrected chi connectivity index (χ1v) is 9.71. The Morgan fingerprint density at radius 3 is 2.76 bits per heavy atom. The zero-order valence-electron chi connectivity index (χ0n) is 17.1. The maximum absolute atomic E-state index is 13.3. The summed E-state index contributed by atoms with van der Waals surface area (Å²) >= 11 is 0. The van der Waals surface area contributed by atoms with E-state index in [0.717, 1.165) is 66.4 Å². The van der Waals surface area contributed by atoms with Crippen LogP contribution in [-0.4, -0.2) is 38.8 Å². The highest BCUT2D eigenvalue weighted by molar-refractivity contribution is 14.0. The number of fused-ring (bicyclic) bond motifs is 1. The summed E-state index contributed by atoms with van der Waals surface area (Å²) in [4.78, 5) is 7.78. The number of aryl methyl sites for hydroxylation is 1. The van der Waals surface area contributed by atoms with Crippen molar-refractivity contribution >= 4 is 40.8 Å². The minimum absolute atomic E-state index is 0. The Kier molecular flexibility index (Phi) is 8.87. The van der Waals surface area contributed by atoms with Gasteiger partial charge in [-0.15, -0.1) is 34.2 Å². The van der Waals surface area contributed by atoms with Crippen molar-refractivity contribution in [3.05, 3.63) is 47.4 Å². The summed E-state index contributed by atoms with van der Waals surface area (Å²) in [6.45, 7) is 6.14. The fraction of sp³-hybridized carbons (Fsp3) is 0.450. The van der Waals surface area contributed by atoms with Crippen LogP contribution in [0.15, 0.2) is 29.4 Å². The second kappa shape index (κ2) is 11.1. The van der Waals surface area contributed by atoms with E-state index in [1.54, 1.807) is 0 Å². The van der Waals surface area contributed by atoms with Crippen LogP contribution in [0.4, 0.5) is 4.39 Å². The molecule has 29 heavy (non-hydrogen) atoms. The van der Waals surface area contributed by atoms with Crippen molar-refractivity contribution in [2.24, 2.45) is 12.0 Å².